The quantitative estimate of drug-likeness (QED) is 0.499. The third-order valence-corrected chi connectivity index (χ3v) is 5.35. The molecule has 0 bridgehead atoms. The fourth-order valence-corrected chi connectivity index (χ4v) is 3.41. The summed E-state index contributed by atoms with van der Waals surface area (Å²) in [5.41, 5.74) is 1.82. The molecule has 2 atom stereocenters. The molecule has 182 valence electrons. The maximum absolute atomic E-state index is 12.0. The minimum absolute atomic E-state index is 0.00829. The lowest BCUT2D eigenvalue weighted by molar-refractivity contribution is -0.135. The number of nitrogens with one attached hydrogen (secondary N) is 2. The van der Waals surface area contributed by atoms with Gasteiger partial charge in [0.2, 0.25) is 5.91 Å². The van der Waals surface area contributed by atoms with Crippen LogP contribution >= 0.6 is 0 Å². The number of aryl methyl sites for hydroxylation is 1. The molecule has 0 radical (unpaired) electrons. The predicted molar refractivity (Wildman–Crippen MR) is 118 cm³/mol. The third-order valence-electron chi connectivity index (χ3n) is 5.35. The number of hydrogen-bond acceptors (Lipinski definition) is 5. The van der Waals surface area contributed by atoms with Crippen LogP contribution in [0.3, 0.4) is 0 Å². The number of alkyl halides is 3. The molecular weight excluding hydrogens is 439 g/mol. The van der Waals surface area contributed by atoms with E-state index in [0.29, 0.717) is 29.3 Å². The third kappa shape index (κ3) is 7.85. The van der Waals surface area contributed by atoms with E-state index in [1.54, 1.807) is 25.1 Å². The van der Waals surface area contributed by atoms with E-state index in [1.807, 2.05) is 0 Å². The molecule has 0 aromatic carbocycles. The van der Waals surface area contributed by atoms with Crippen LogP contribution in [0.2, 0.25) is 0 Å². The highest BCUT2D eigenvalue weighted by atomic mass is 19.4. The van der Waals surface area contributed by atoms with Gasteiger partial charge in [-0.25, -0.2) is 9.97 Å². The van der Waals surface area contributed by atoms with Gasteiger partial charge in [0.05, 0.1) is 23.6 Å². The standard InChI is InChI=1S/C12H13F3N4O.C10H17NO2/c1-7-5-17-10-9(19-7)8(6-18-10)11(20)16-4-2-3-12(13,14)15;1-4-10(12)11-6-5-8(2)9(7-11)13-3/h5-6H,2-4H2,1H3,(H,16,20)(H,17,18);4,8-9H,1,5-7H2,2-3H3. The van der Waals surface area contributed by atoms with Gasteiger partial charge in [0.25, 0.3) is 5.91 Å². The number of hydrogen-bond donors (Lipinski definition) is 2. The zero-order chi connectivity index (χ0) is 24.6. The van der Waals surface area contributed by atoms with Crippen LogP contribution in [0, 0.1) is 12.8 Å². The van der Waals surface area contributed by atoms with E-state index in [2.05, 4.69) is 33.8 Å². The first-order chi connectivity index (χ1) is 15.6. The van der Waals surface area contributed by atoms with Gasteiger partial charge in [-0.1, -0.05) is 13.5 Å². The Kier molecular flexibility index (Phi) is 9.39. The van der Waals surface area contributed by atoms with E-state index in [-0.39, 0.29) is 30.5 Å². The van der Waals surface area contributed by atoms with Crippen LogP contribution < -0.4 is 5.32 Å². The largest absolute Gasteiger partial charge is 0.389 e. The fourth-order valence-electron chi connectivity index (χ4n) is 3.41. The van der Waals surface area contributed by atoms with Crippen molar-refractivity contribution in [1.82, 2.24) is 25.2 Å². The number of piperidine rings is 1. The Morgan fingerprint density at radius 2 is 2.15 bits per heavy atom. The van der Waals surface area contributed by atoms with Crippen LogP contribution in [0.1, 0.15) is 42.2 Å². The smallest absolute Gasteiger partial charge is 0.379 e. The Morgan fingerprint density at radius 3 is 2.79 bits per heavy atom. The Balaban J connectivity index is 0.000000257. The molecule has 0 saturated carbocycles. The van der Waals surface area contributed by atoms with E-state index in [4.69, 9.17) is 4.74 Å². The lowest BCUT2D eigenvalue weighted by Gasteiger charge is -2.35. The molecular formula is C22H30F3N5O3. The number of carbonyl (C=O) groups is 2. The van der Waals surface area contributed by atoms with Crippen LogP contribution in [0.4, 0.5) is 13.2 Å². The first-order valence-electron chi connectivity index (χ1n) is 10.7. The van der Waals surface area contributed by atoms with Gasteiger partial charge < -0.3 is 19.9 Å². The lowest BCUT2D eigenvalue weighted by Crippen LogP contribution is -2.46. The number of amides is 2. The minimum atomic E-state index is -4.20. The molecule has 8 nitrogen and oxygen atoms in total. The Bertz CT molecular complexity index is 960. The van der Waals surface area contributed by atoms with E-state index in [1.165, 1.54) is 12.3 Å². The van der Waals surface area contributed by atoms with E-state index in [0.717, 1.165) is 13.0 Å². The van der Waals surface area contributed by atoms with Crippen molar-refractivity contribution >= 4 is 23.0 Å². The molecule has 2 aromatic heterocycles. The maximum Gasteiger partial charge on any atom is 0.389 e. The van der Waals surface area contributed by atoms with Crippen molar-refractivity contribution in [2.75, 3.05) is 26.7 Å². The summed E-state index contributed by atoms with van der Waals surface area (Å²) in [5, 5.41) is 2.44. The number of aromatic nitrogens is 3. The number of aromatic amines is 1. The van der Waals surface area contributed by atoms with Crippen LogP contribution in [-0.2, 0) is 9.53 Å². The number of nitrogens with zero attached hydrogens (tertiary/aromatic N) is 3. The molecule has 2 N–H and O–H groups in total. The highest BCUT2D eigenvalue weighted by Crippen LogP contribution is 2.21. The van der Waals surface area contributed by atoms with E-state index in [9.17, 15) is 22.8 Å². The number of H-pyrrole nitrogens is 1. The molecule has 0 spiro atoms. The van der Waals surface area contributed by atoms with Crippen LogP contribution in [0.25, 0.3) is 11.2 Å². The second-order valence-electron chi connectivity index (χ2n) is 7.91. The zero-order valence-corrected chi connectivity index (χ0v) is 19.0. The van der Waals surface area contributed by atoms with Crippen molar-refractivity contribution in [1.29, 1.82) is 0 Å². The molecule has 11 heteroatoms. The van der Waals surface area contributed by atoms with Gasteiger partial charge in [0.15, 0.2) is 5.65 Å². The van der Waals surface area contributed by atoms with Crippen molar-refractivity contribution in [3.8, 4) is 0 Å². The Morgan fingerprint density at radius 1 is 1.42 bits per heavy atom. The Hall–Kier alpha value is -2.95. The number of fused-ring (bicyclic) bond motifs is 1. The monoisotopic (exact) mass is 469 g/mol. The predicted octanol–water partition coefficient (Wildman–Crippen LogP) is 3.39. The first kappa shape index (κ1) is 26.3. The van der Waals surface area contributed by atoms with Gasteiger partial charge in [0, 0.05) is 39.4 Å². The van der Waals surface area contributed by atoms with Crippen LogP contribution in [-0.4, -0.2) is 70.7 Å². The number of ether oxygens (including phenoxy) is 1. The summed E-state index contributed by atoms with van der Waals surface area (Å²) in [4.78, 5) is 36.0. The molecule has 2 unspecified atom stereocenters. The lowest BCUT2D eigenvalue weighted by atomic mass is 9.96. The molecule has 2 aromatic rings. The normalized spacial score (nSPS) is 18.4. The number of likely N-dealkylation sites (tertiary alicyclic amines) is 1. The summed E-state index contributed by atoms with van der Waals surface area (Å²) in [5.74, 6) is 0.0890. The van der Waals surface area contributed by atoms with Gasteiger partial charge in [-0.15, -0.1) is 0 Å². The van der Waals surface area contributed by atoms with Gasteiger partial charge in [-0.2, -0.15) is 13.2 Å². The number of rotatable bonds is 6. The SMILES string of the molecule is C=CC(=O)N1CCC(C)C(OC)C1.Cc1cnc2[nH]cc(C(=O)NCCCC(F)(F)F)c2n1. The van der Waals surface area contributed by atoms with Crippen molar-refractivity contribution in [3.63, 3.8) is 0 Å². The summed E-state index contributed by atoms with van der Waals surface area (Å²) >= 11 is 0. The highest BCUT2D eigenvalue weighted by Gasteiger charge is 2.27. The molecule has 1 aliphatic rings. The topological polar surface area (TPSA) is 100 Å². The van der Waals surface area contributed by atoms with Crippen molar-refractivity contribution < 1.29 is 27.5 Å². The number of halogens is 3. The van der Waals surface area contributed by atoms with Crippen molar-refractivity contribution in [2.24, 2.45) is 5.92 Å². The van der Waals surface area contributed by atoms with Crippen molar-refractivity contribution in [3.05, 3.63) is 36.3 Å². The van der Waals surface area contributed by atoms with Gasteiger partial charge in [-0.3, -0.25) is 9.59 Å². The molecule has 2 amide bonds. The fraction of sp³-hybridized carbons (Fsp3) is 0.545. The molecule has 0 aliphatic carbocycles. The van der Waals surface area contributed by atoms with Crippen LogP contribution in [0.5, 0.6) is 0 Å². The summed E-state index contributed by atoms with van der Waals surface area (Å²) in [6, 6.07) is 0. The van der Waals surface area contributed by atoms with Gasteiger partial charge in [0.1, 0.15) is 5.52 Å². The summed E-state index contributed by atoms with van der Waals surface area (Å²) in [6.45, 7) is 8.86. The number of methoxy groups -OCH3 is 1. The number of carbonyl (C=O) groups excluding carboxylic acids is 2. The summed E-state index contributed by atoms with van der Waals surface area (Å²) in [6.07, 6.45) is 0.294. The molecule has 1 saturated heterocycles. The minimum Gasteiger partial charge on any atom is -0.379 e. The van der Waals surface area contributed by atoms with Gasteiger partial charge >= 0.3 is 6.18 Å². The van der Waals surface area contributed by atoms with Crippen molar-refractivity contribution in [2.45, 2.75) is 45.4 Å². The summed E-state index contributed by atoms with van der Waals surface area (Å²) < 4.78 is 41.2. The summed E-state index contributed by atoms with van der Waals surface area (Å²) in [7, 11) is 1.70. The van der Waals surface area contributed by atoms with Crippen LogP contribution in [0.15, 0.2) is 25.0 Å². The molecule has 3 rings (SSSR count). The van der Waals surface area contributed by atoms with E-state index < -0.39 is 18.5 Å². The highest BCUT2D eigenvalue weighted by molar-refractivity contribution is 6.04. The zero-order valence-electron chi connectivity index (χ0n) is 19.0. The van der Waals surface area contributed by atoms with E-state index >= 15 is 0 Å². The molecule has 3 heterocycles. The average molecular weight is 470 g/mol. The Labute approximate surface area is 190 Å². The molecule has 33 heavy (non-hydrogen) atoms. The average Bonchev–Trinajstić information content (AvgIpc) is 3.19. The molecule has 1 fully saturated rings. The molecule has 1 aliphatic heterocycles. The second kappa shape index (κ2) is 11.8. The second-order valence-corrected chi connectivity index (χ2v) is 7.91. The first-order valence-corrected chi connectivity index (χ1v) is 10.7. The maximum atomic E-state index is 12.0. The van der Waals surface area contributed by atoms with Gasteiger partial charge in [-0.05, 0) is 31.8 Å².